The van der Waals surface area contributed by atoms with Gasteiger partial charge in [-0.05, 0) is 55.3 Å². The monoisotopic (exact) mass is 412 g/mol. The summed E-state index contributed by atoms with van der Waals surface area (Å²) in [5.41, 5.74) is 0.296. The lowest BCUT2D eigenvalue weighted by molar-refractivity contribution is -0.118. The predicted molar refractivity (Wildman–Crippen MR) is 100.0 cm³/mol. The van der Waals surface area contributed by atoms with Crippen LogP contribution in [-0.2, 0) is 14.8 Å². The molecule has 1 saturated heterocycles. The zero-order chi connectivity index (χ0) is 19.4. The molecule has 144 valence electrons. The van der Waals surface area contributed by atoms with Crippen LogP contribution in [-0.4, -0.2) is 38.3 Å². The van der Waals surface area contributed by atoms with Crippen molar-refractivity contribution in [3.05, 3.63) is 53.3 Å². The maximum atomic E-state index is 12.9. The Morgan fingerprint density at radius 3 is 2.48 bits per heavy atom. The number of halogens is 2. The first-order chi connectivity index (χ1) is 12.9. The normalized spacial score (nSPS) is 14.9. The van der Waals surface area contributed by atoms with Crippen molar-refractivity contribution in [2.45, 2.75) is 17.7 Å². The molecule has 1 heterocycles. The Morgan fingerprint density at radius 2 is 1.81 bits per heavy atom. The number of anilines is 1. The third-order valence-electron chi connectivity index (χ3n) is 4.08. The predicted octanol–water partition coefficient (Wildman–Crippen LogP) is 3.28. The molecule has 1 amide bonds. The number of ether oxygens (including phenoxy) is 1. The van der Waals surface area contributed by atoms with E-state index in [1.165, 1.54) is 46.8 Å². The van der Waals surface area contributed by atoms with Gasteiger partial charge in [-0.15, -0.1) is 0 Å². The van der Waals surface area contributed by atoms with Gasteiger partial charge in [0.15, 0.2) is 6.61 Å². The summed E-state index contributed by atoms with van der Waals surface area (Å²) in [6.07, 6.45) is 1.63. The topological polar surface area (TPSA) is 75.7 Å². The molecule has 0 unspecified atom stereocenters. The molecule has 0 atom stereocenters. The van der Waals surface area contributed by atoms with Crippen molar-refractivity contribution >= 4 is 33.2 Å². The van der Waals surface area contributed by atoms with Crippen LogP contribution in [0.2, 0.25) is 5.02 Å². The fraction of sp³-hybridized carbons (Fsp3) is 0.278. The van der Waals surface area contributed by atoms with Crippen LogP contribution < -0.4 is 10.1 Å². The SMILES string of the molecule is O=C(COc1ccc(F)cc1)Nc1ccc(Cl)c(S(=O)(=O)N2CCCC2)c1. The third kappa shape index (κ3) is 4.77. The summed E-state index contributed by atoms with van der Waals surface area (Å²) in [4.78, 5) is 12.0. The molecule has 0 saturated carbocycles. The van der Waals surface area contributed by atoms with Crippen molar-refractivity contribution in [1.82, 2.24) is 4.31 Å². The zero-order valence-electron chi connectivity index (χ0n) is 14.3. The molecular formula is C18H18ClFN2O4S. The van der Waals surface area contributed by atoms with Crippen LogP contribution in [0.25, 0.3) is 0 Å². The molecule has 0 radical (unpaired) electrons. The average Bonchev–Trinajstić information content (AvgIpc) is 3.18. The Balaban J connectivity index is 1.68. The van der Waals surface area contributed by atoms with E-state index in [1.54, 1.807) is 0 Å². The number of carbonyl (C=O) groups is 1. The van der Waals surface area contributed by atoms with E-state index in [1.807, 2.05) is 0 Å². The maximum Gasteiger partial charge on any atom is 0.262 e. The Bertz CT molecular complexity index is 929. The van der Waals surface area contributed by atoms with Crippen LogP contribution in [0.1, 0.15) is 12.8 Å². The van der Waals surface area contributed by atoms with Crippen LogP contribution in [0.3, 0.4) is 0 Å². The molecule has 1 fully saturated rings. The minimum atomic E-state index is -3.70. The second-order valence-electron chi connectivity index (χ2n) is 6.05. The zero-order valence-corrected chi connectivity index (χ0v) is 15.9. The number of nitrogens with zero attached hydrogens (tertiary/aromatic N) is 1. The van der Waals surface area contributed by atoms with Gasteiger partial charge in [0.2, 0.25) is 10.0 Å². The van der Waals surface area contributed by atoms with E-state index in [0.717, 1.165) is 12.8 Å². The number of benzene rings is 2. The van der Waals surface area contributed by atoms with Gasteiger partial charge in [-0.1, -0.05) is 11.6 Å². The highest BCUT2D eigenvalue weighted by Crippen LogP contribution is 2.29. The van der Waals surface area contributed by atoms with Crippen molar-refractivity contribution in [3.8, 4) is 5.75 Å². The Labute approximate surface area is 161 Å². The molecule has 27 heavy (non-hydrogen) atoms. The summed E-state index contributed by atoms with van der Waals surface area (Å²) in [5.74, 6) is -0.536. The Hall–Kier alpha value is -2.16. The first kappa shape index (κ1) is 19.6. The fourth-order valence-electron chi connectivity index (χ4n) is 2.72. The minimum Gasteiger partial charge on any atom is -0.484 e. The van der Waals surface area contributed by atoms with Gasteiger partial charge in [-0.3, -0.25) is 4.79 Å². The minimum absolute atomic E-state index is 0.0386. The van der Waals surface area contributed by atoms with Crippen LogP contribution >= 0.6 is 11.6 Å². The summed E-state index contributed by atoms with van der Waals surface area (Å²) in [5, 5.41) is 2.67. The Morgan fingerprint density at radius 1 is 1.15 bits per heavy atom. The van der Waals surface area contributed by atoms with Crippen LogP contribution in [0.4, 0.5) is 10.1 Å². The van der Waals surface area contributed by atoms with Gasteiger partial charge in [0.1, 0.15) is 16.5 Å². The molecule has 0 spiro atoms. The van der Waals surface area contributed by atoms with Gasteiger partial charge in [0.05, 0.1) is 5.02 Å². The van der Waals surface area contributed by atoms with Gasteiger partial charge < -0.3 is 10.1 Å². The van der Waals surface area contributed by atoms with E-state index >= 15 is 0 Å². The maximum absolute atomic E-state index is 12.9. The number of hydrogen-bond acceptors (Lipinski definition) is 4. The van der Waals surface area contributed by atoms with E-state index in [0.29, 0.717) is 24.5 Å². The van der Waals surface area contributed by atoms with Crippen molar-refractivity contribution < 1.29 is 22.3 Å². The smallest absolute Gasteiger partial charge is 0.262 e. The van der Waals surface area contributed by atoms with Crippen molar-refractivity contribution in [2.75, 3.05) is 25.0 Å². The number of sulfonamides is 1. The van der Waals surface area contributed by atoms with Crippen molar-refractivity contribution in [3.63, 3.8) is 0 Å². The molecule has 9 heteroatoms. The van der Waals surface area contributed by atoms with Crippen molar-refractivity contribution in [2.24, 2.45) is 0 Å². The summed E-state index contributed by atoms with van der Waals surface area (Å²) in [6, 6.07) is 9.55. The number of nitrogens with one attached hydrogen (secondary N) is 1. The summed E-state index contributed by atoms with van der Waals surface area (Å²) >= 11 is 6.08. The summed E-state index contributed by atoms with van der Waals surface area (Å²) in [7, 11) is -3.70. The highest BCUT2D eigenvalue weighted by Gasteiger charge is 2.29. The molecule has 3 rings (SSSR count). The van der Waals surface area contributed by atoms with Gasteiger partial charge in [-0.25, -0.2) is 12.8 Å². The number of amides is 1. The van der Waals surface area contributed by atoms with Crippen molar-refractivity contribution in [1.29, 1.82) is 0 Å². The molecule has 0 aliphatic carbocycles. The second kappa shape index (κ2) is 8.24. The molecular weight excluding hydrogens is 395 g/mol. The average molecular weight is 413 g/mol. The quantitative estimate of drug-likeness (QED) is 0.790. The van der Waals surface area contributed by atoms with E-state index < -0.39 is 21.7 Å². The molecule has 2 aromatic rings. The number of hydrogen-bond donors (Lipinski definition) is 1. The lowest BCUT2D eigenvalue weighted by atomic mass is 10.3. The largest absolute Gasteiger partial charge is 0.484 e. The van der Waals surface area contributed by atoms with Crippen LogP contribution in [0, 0.1) is 5.82 Å². The lowest BCUT2D eigenvalue weighted by Gasteiger charge is -2.17. The van der Waals surface area contributed by atoms with Gasteiger partial charge in [0, 0.05) is 18.8 Å². The summed E-state index contributed by atoms with van der Waals surface area (Å²) < 4.78 is 44.9. The van der Waals surface area contributed by atoms with E-state index in [2.05, 4.69) is 5.32 Å². The molecule has 2 aromatic carbocycles. The van der Waals surface area contributed by atoms with Crippen LogP contribution in [0.5, 0.6) is 5.75 Å². The third-order valence-corrected chi connectivity index (χ3v) is 6.46. The molecule has 1 aliphatic heterocycles. The van der Waals surface area contributed by atoms with Gasteiger partial charge in [0.25, 0.3) is 5.91 Å². The molecule has 0 aromatic heterocycles. The lowest BCUT2D eigenvalue weighted by Crippen LogP contribution is -2.28. The van der Waals surface area contributed by atoms with E-state index in [9.17, 15) is 17.6 Å². The van der Waals surface area contributed by atoms with Gasteiger partial charge >= 0.3 is 0 Å². The molecule has 1 aliphatic rings. The first-order valence-electron chi connectivity index (χ1n) is 8.34. The molecule has 0 bridgehead atoms. The summed E-state index contributed by atoms with van der Waals surface area (Å²) in [6.45, 7) is 0.615. The van der Waals surface area contributed by atoms with Gasteiger partial charge in [-0.2, -0.15) is 4.31 Å². The first-order valence-corrected chi connectivity index (χ1v) is 10.2. The molecule has 1 N–H and O–H groups in total. The fourth-order valence-corrected chi connectivity index (χ4v) is 4.74. The van der Waals surface area contributed by atoms with E-state index in [-0.39, 0.29) is 16.5 Å². The van der Waals surface area contributed by atoms with Crippen LogP contribution in [0.15, 0.2) is 47.4 Å². The van der Waals surface area contributed by atoms with E-state index in [4.69, 9.17) is 16.3 Å². The molecule has 6 nitrogen and oxygen atoms in total. The Kier molecular flexibility index (Phi) is 5.98. The number of rotatable bonds is 6. The standard InChI is InChI=1S/C18H18ClFN2O4S/c19-16-8-5-14(11-17(16)27(24,25)22-9-1-2-10-22)21-18(23)12-26-15-6-3-13(20)4-7-15/h3-8,11H,1-2,9-10,12H2,(H,21,23). The highest BCUT2D eigenvalue weighted by molar-refractivity contribution is 7.89. The highest BCUT2D eigenvalue weighted by atomic mass is 35.5. The second-order valence-corrected chi connectivity index (χ2v) is 8.36. The number of carbonyl (C=O) groups excluding carboxylic acids is 1.